The fourth-order valence-electron chi connectivity index (χ4n) is 3.24. The first-order valence-electron chi connectivity index (χ1n) is 8.71. The Kier molecular flexibility index (Phi) is 4.48. The van der Waals surface area contributed by atoms with E-state index in [9.17, 15) is 9.18 Å². The maximum atomic E-state index is 13.3. The SMILES string of the molecule is O=C(Nc1cccc2cccnc12)c1cc(N2CCC(F)CC2)ccn1. The molecular formula is C20H19FN4O. The van der Waals surface area contributed by atoms with Crippen molar-refractivity contribution in [2.45, 2.75) is 19.0 Å². The van der Waals surface area contributed by atoms with E-state index >= 15 is 0 Å². The average Bonchev–Trinajstić information content (AvgIpc) is 2.69. The van der Waals surface area contributed by atoms with Crippen molar-refractivity contribution in [2.24, 2.45) is 0 Å². The van der Waals surface area contributed by atoms with Crippen LogP contribution in [0.5, 0.6) is 0 Å². The lowest BCUT2D eigenvalue weighted by Gasteiger charge is -2.30. The van der Waals surface area contributed by atoms with Crippen molar-refractivity contribution in [1.82, 2.24) is 9.97 Å². The van der Waals surface area contributed by atoms with E-state index in [4.69, 9.17) is 0 Å². The van der Waals surface area contributed by atoms with Gasteiger partial charge in [0, 0.05) is 36.6 Å². The Morgan fingerprint density at radius 1 is 1.08 bits per heavy atom. The number of halogens is 1. The lowest BCUT2D eigenvalue weighted by molar-refractivity contribution is 0.102. The van der Waals surface area contributed by atoms with Crippen molar-refractivity contribution >= 4 is 28.2 Å². The van der Waals surface area contributed by atoms with Gasteiger partial charge in [0.1, 0.15) is 11.9 Å². The average molecular weight is 350 g/mol. The maximum Gasteiger partial charge on any atom is 0.274 e. The second-order valence-electron chi connectivity index (χ2n) is 6.40. The van der Waals surface area contributed by atoms with Crippen molar-refractivity contribution in [3.05, 3.63) is 60.6 Å². The predicted molar refractivity (Wildman–Crippen MR) is 100 cm³/mol. The smallest absolute Gasteiger partial charge is 0.274 e. The number of nitrogens with zero attached hydrogens (tertiary/aromatic N) is 3. The summed E-state index contributed by atoms with van der Waals surface area (Å²) in [5.74, 6) is -0.287. The van der Waals surface area contributed by atoms with Gasteiger partial charge in [-0.3, -0.25) is 14.8 Å². The first-order chi connectivity index (χ1) is 12.7. The predicted octanol–water partition coefficient (Wildman–Crippen LogP) is 3.82. The Morgan fingerprint density at radius 2 is 1.88 bits per heavy atom. The van der Waals surface area contributed by atoms with Crippen molar-refractivity contribution in [2.75, 3.05) is 23.3 Å². The van der Waals surface area contributed by atoms with Crippen molar-refractivity contribution in [3.63, 3.8) is 0 Å². The van der Waals surface area contributed by atoms with Crippen LogP contribution in [0, 0.1) is 0 Å². The van der Waals surface area contributed by atoms with Crippen LogP contribution < -0.4 is 10.2 Å². The largest absolute Gasteiger partial charge is 0.371 e. The number of fused-ring (bicyclic) bond motifs is 1. The minimum atomic E-state index is -0.727. The number of hydrogen-bond acceptors (Lipinski definition) is 4. The zero-order chi connectivity index (χ0) is 17.9. The molecule has 0 radical (unpaired) electrons. The topological polar surface area (TPSA) is 58.1 Å². The molecule has 0 spiro atoms. The summed E-state index contributed by atoms with van der Waals surface area (Å²) in [6.45, 7) is 1.30. The van der Waals surface area contributed by atoms with Crippen LogP contribution in [-0.4, -0.2) is 35.1 Å². The van der Waals surface area contributed by atoms with E-state index in [-0.39, 0.29) is 5.91 Å². The molecule has 1 N–H and O–H groups in total. The highest BCUT2D eigenvalue weighted by molar-refractivity contribution is 6.07. The van der Waals surface area contributed by atoms with Crippen LogP contribution in [0.2, 0.25) is 0 Å². The second-order valence-corrected chi connectivity index (χ2v) is 6.40. The molecule has 2 aromatic heterocycles. The van der Waals surface area contributed by atoms with Gasteiger partial charge in [-0.1, -0.05) is 18.2 Å². The van der Waals surface area contributed by atoms with Crippen LogP contribution in [0.15, 0.2) is 54.9 Å². The first-order valence-corrected chi connectivity index (χ1v) is 8.71. The van der Waals surface area contributed by atoms with Gasteiger partial charge < -0.3 is 10.2 Å². The maximum absolute atomic E-state index is 13.3. The number of piperidine rings is 1. The molecule has 0 unspecified atom stereocenters. The Labute approximate surface area is 150 Å². The molecular weight excluding hydrogens is 331 g/mol. The summed E-state index contributed by atoms with van der Waals surface area (Å²) in [4.78, 5) is 23.3. The quantitative estimate of drug-likeness (QED) is 0.780. The summed E-state index contributed by atoms with van der Waals surface area (Å²) in [5.41, 5.74) is 2.62. The molecule has 0 aliphatic carbocycles. The van der Waals surface area contributed by atoms with Crippen LogP contribution in [0.25, 0.3) is 10.9 Å². The number of pyridine rings is 2. The van der Waals surface area contributed by atoms with Gasteiger partial charge in [0.05, 0.1) is 11.2 Å². The number of benzene rings is 1. The lowest BCUT2D eigenvalue weighted by atomic mass is 10.1. The van der Waals surface area contributed by atoms with E-state index in [0.717, 1.165) is 16.6 Å². The van der Waals surface area contributed by atoms with Crippen molar-refractivity contribution in [1.29, 1.82) is 0 Å². The standard InChI is InChI=1S/C20H19FN4O/c21-15-7-11-25(12-8-15)16-6-10-22-18(13-16)20(26)24-17-5-1-3-14-4-2-9-23-19(14)17/h1-6,9-10,13,15H,7-8,11-12H2,(H,24,26). The third-order valence-corrected chi connectivity index (χ3v) is 4.65. The summed E-state index contributed by atoms with van der Waals surface area (Å²) in [5, 5.41) is 3.86. The van der Waals surface area contributed by atoms with Gasteiger partial charge in [0.25, 0.3) is 5.91 Å². The zero-order valence-electron chi connectivity index (χ0n) is 14.2. The van der Waals surface area contributed by atoms with Gasteiger partial charge in [-0.15, -0.1) is 0 Å². The van der Waals surface area contributed by atoms with E-state index < -0.39 is 6.17 Å². The van der Waals surface area contributed by atoms with E-state index in [1.807, 2.05) is 36.4 Å². The van der Waals surface area contributed by atoms with Crippen molar-refractivity contribution in [3.8, 4) is 0 Å². The lowest BCUT2D eigenvalue weighted by Crippen LogP contribution is -2.34. The first kappa shape index (κ1) is 16.4. The fraction of sp³-hybridized carbons (Fsp3) is 0.250. The van der Waals surface area contributed by atoms with Crippen LogP contribution >= 0.6 is 0 Å². The number of aromatic nitrogens is 2. The van der Waals surface area contributed by atoms with Gasteiger partial charge in [-0.25, -0.2) is 4.39 Å². The summed E-state index contributed by atoms with van der Waals surface area (Å²) in [6, 6.07) is 13.1. The molecule has 1 amide bonds. The van der Waals surface area contributed by atoms with E-state index in [1.54, 1.807) is 18.5 Å². The molecule has 4 rings (SSSR count). The van der Waals surface area contributed by atoms with E-state index in [1.165, 1.54) is 0 Å². The Bertz CT molecular complexity index is 933. The van der Waals surface area contributed by atoms with Gasteiger partial charge in [-0.05, 0) is 37.1 Å². The highest BCUT2D eigenvalue weighted by atomic mass is 19.1. The van der Waals surface area contributed by atoms with Crippen LogP contribution in [0.3, 0.4) is 0 Å². The number of nitrogens with one attached hydrogen (secondary N) is 1. The Hall–Kier alpha value is -3.02. The Balaban J connectivity index is 1.56. The molecule has 0 bridgehead atoms. The molecule has 1 aliphatic rings. The van der Waals surface area contributed by atoms with Gasteiger partial charge >= 0.3 is 0 Å². The molecule has 5 nitrogen and oxygen atoms in total. The highest BCUT2D eigenvalue weighted by Gasteiger charge is 2.20. The van der Waals surface area contributed by atoms with Crippen LogP contribution in [-0.2, 0) is 0 Å². The number of carbonyl (C=O) groups excluding carboxylic acids is 1. The van der Waals surface area contributed by atoms with E-state index in [2.05, 4.69) is 20.2 Å². The normalized spacial score (nSPS) is 15.2. The van der Waals surface area contributed by atoms with E-state index in [0.29, 0.717) is 37.3 Å². The molecule has 26 heavy (non-hydrogen) atoms. The number of amides is 1. The molecule has 3 heterocycles. The fourth-order valence-corrected chi connectivity index (χ4v) is 3.24. The third kappa shape index (κ3) is 3.35. The van der Waals surface area contributed by atoms with Gasteiger partial charge in [0.2, 0.25) is 0 Å². The number of para-hydroxylation sites is 1. The van der Waals surface area contributed by atoms with Gasteiger partial charge in [-0.2, -0.15) is 0 Å². The molecule has 6 heteroatoms. The molecule has 1 saturated heterocycles. The summed E-state index contributed by atoms with van der Waals surface area (Å²) < 4.78 is 13.3. The molecule has 1 aromatic carbocycles. The number of hydrogen-bond donors (Lipinski definition) is 1. The molecule has 3 aromatic rings. The second kappa shape index (κ2) is 7.07. The Morgan fingerprint density at radius 3 is 2.73 bits per heavy atom. The molecule has 0 atom stereocenters. The van der Waals surface area contributed by atoms with Crippen LogP contribution in [0.4, 0.5) is 15.8 Å². The summed E-state index contributed by atoms with van der Waals surface area (Å²) in [6.07, 6.45) is 3.63. The number of alkyl halides is 1. The zero-order valence-corrected chi connectivity index (χ0v) is 14.2. The number of anilines is 2. The molecule has 1 fully saturated rings. The van der Waals surface area contributed by atoms with Crippen molar-refractivity contribution < 1.29 is 9.18 Å². The summed E-state index contributed by atoms with van der Waals surface area (Å²) in [7, 11) is 0. The summed E-state index contributed by atoms with van der Waals surface area (Å²) >= 11 is 0. The highest BCUT2D eigenvalue weighted by Crippen LogP contribution is 2.23. The molecule has 132 valence electrons. The molecule has 0 saturated carbocycles. The minimum Gasteiger partial charge on any atom is -0.371 e. The third-order valence-electron chi connectivity index (χ3n) is 4.65. The van der Waals surface area contributed by atoms with Crippen LogP contribution in [0.1, 0.15) is 23.3 Å². The molecule has 1 aliphatic heterocycles. The number of carbonyl (C=O) groups is 1. The monoisotopic (exact) mass is 350 g/mol. The minimum absolute atomic E-state index is 0.287. The number of rotatable bonds is 3. The van der Waals surface area contributed by atoms with Gasteiger partial charge in [0.15, 0.2) is 0 Å².